The van der Waals surface area contributed by atoms with Gasteiger partial charge in [0.05, 0.1) is 17.8 Å². The highest BCUT2D eigenvalue weighted by atomic mass is 35.5. The number of carbonyl (C=O) groups excluding carboxylic acids is 1. The van der Waals surface area contributed by atoms with Gasteiger partial charge in [0.15, 0.2) is 0 Å². The molecule has 0 aromatic heterocycles. The first-order valence-corrected chi connectivity index (χ1v) is 10.4. The number of ether oxygens (including phenoxy) is 1. The molecule has 2 N–H and O–H groups in total. The minimum Gasteiger partial charge on any atom is -0.496 e. The maximum Gasteiger partial charge on any atom is 0.137 e. The molecule has 0 bridgehead atoms. The van der Waals surface area contributed by atoms with Crippen LogP contribution < -0.4 is 10.5 Å². The molecule has 1 heterocycles. The van der Waals surface area contributed by atoms with Crippen LogP contribution in [-0.2, 0) is 11.2 Å². The topological polar surface area (TPSA) is 55.6 Å². The second kappa shape index (κ2) is 9.94. The predicted octanol–water partition coefficient (Wildman–Crippen LogP) is 4.70. The van der Waals surface area contributed by atoms with Crippen LogP contribution in [0.25, 0.3) is 0 Å². The Morgan fingerprint density at radius 2 is 1.93 bits per heavy atom. The molecule has 3 rings (SSSR count). The number of likely N-dealkylation sites (tertiary alicyclic amines) is 1. The number of carbonyl (C=O) groups is 1. The Hall–Kier alpha value is -2.04. The van der Waals surface area contributed by atoms with Gasteiger partial charge in [0, 0.05) is 24.5 Å². The number of ketones is 1. The van der Waals surface area contributed by atoms with Gasteiger partial charge < -0.3 is 15.4 Å². The maximum absolute atomic E-state index is 12.4. The smallest absolute Gasteiger partial charge is 0.137 e. The number of nitrogens with two attached hydrogens (primary N) is 1. The first-order valence-electron chi connectivity index (χ1n) is 9.97. The number of anilines is 1. The quantitative estimate of drug-likeness (QED) is 0.652. The summed E-state index contributed by atoms with van der Waals surface area (Å²) in [6.45, 7) is 3.19. The van der Waals surface area contributed by atoms with Crippen LogP contribution in [0.3, 0.4) is 0 Å². The van der Waals surface area contributed by atoms with Crippen LogP contribution in [0.15, 0.2) is 42.5 Å². The number of hydrogen-bond donors (Lipinski definition) is 1. The summed E-state index contributed by atoms with van der Waals surface area (Å²) in [6, 6.07) is 14.2. The lowest BCUT2D eigenvalue weighted by Crippen LogP contribution is -2.33. The molecule has 5 heteroatoms. The number of methoxy groups -OCH3 is 1. The number of halogens is 1. The van der Waals surface area contributed by atoms with Crippen molar-refractivity contribution >= 4 is 23.1 Å². The second-order valence-corrected chi connectivity index (χ2v) is 7.94. The normalized spacial score (nSPS) is 15.5. The Labute approximate surface area is 172 Å². The van der Waals surface area contributed by atoms with Crippen LogP contribution in [0.2, 0.25) is 5.02 Å². The molecular formula is C23H29ClN2O2. The molecule has 0 amide bonds. The van der Waals surface area contributed by atoms with Crippen LogP contribution in [-0.4, -0.2) is 37.4 Å². The van der Waals surface area contributed by atoms with E-state index in [2.05, 4.69) is 35.2 Å². The molecule has 1 aliphatic rings. The van der Waals surface area contributed by atoms with Crippen molar-refractivity contribution in [3.05, 3.63) is 58.6 Å². The van der Waals surface area contributed by atoms with Crippen molar-refractivity contribution in [3.63, 3.8) is 0 Å². The van der Waals surface area contributed by atoms with Crippen molar-refractivity contribution in [2.75, 3.05) is 32.5 Å². The molecule has 2 aromatic carbocycles. The zero-order valence-corrected chi connectivity index (χ0v) is 17.3. The van der Waals surface area contributed by atoms with Gasteiger partial charge in [-0.25, -0.2) is 0 Å². The van der Waals surface area contributed by atoms with E-state index in [1.807, 2.05) is 0 Å². The Morgan fingerprint density at radius 3 is 2.61 bits per heavy atom. The summed E-state index contributed by atoms with van der Waals surface area (Å²) in [4.78, 5) is 14.9. The molecule has 150 valence electrons. The minimum atomic E-state index is 0.207. The van der Waals surface area contributed by atoms with Gasteiger partial charge in [0.1, 0.15) is 11.5 Å². The largest absolute Gasteiger partial charge is 0.496 e. The van der Waals surface area contributed by atoms with Gasteiger partial charge in [-0.2, -0.15) is 0 Å². The van der Waals surface area contributed by atoms with Crippen LogP contribution >= 0.6 is 11.6 Å². The van der Waals surface area contributed by atoms with E-state index in [0.717, 1.165) is 31.6 Å². The van der Waals surface area contributed by atoms with Crippen LogP contribution in [0.4, 0.5) is 5.69 Å². The van der Waals surface area contributed by atoms with Gasteiger partial charge in [0.25, 0.3) is 0 Å². The number of Topliss-reactive ketones (excluding diaryl/α,β-unsaturated/α-hetero) is 1. The molecular weight excluding hydrogens is 372 g/mol. The Kier molecular flexibility index (Phi) is 7.35. The lowest BCUT2D eigenvalue weighted by molar-refractivity contribution is -0.118. The molecule has 2 aromatic rings. The standard InChI is InChI=1S/C23H29ClN2O2/c1-28-23-16-22(25)21(24)15-19(23)14-20(27)8-5-11-26-12-9-18(10-13-26)17-6-3-2-4-7-17/h2-4,6-7,15-16,18H,5,8-14,25H2,1H3. The molecule has 1 aliphatic heterocycles. The van der Waals surface area contributed by atoms with Crippen molar-refractivity contribution in [1.29, 1.82) is 0 Å². The maximum atomic E-state index is 12.4. The van der Waals surface area contributed by atoms with Gasteiger partial charge in [0.2, 0.25) is 0 Å². The fourth-order valence-corrected chi connectivity index (χ4v) is 4.14. The Morgan fingerprint density at radius 1 is 1.21 bits per heavy atom. The highest BCUT2D eigenvalue weighted by Gasteiger charge is 2.20. The number of nitrogens with zero attached hydrogens (tertiary/aromatic N) is 1. The van der Waals surface area contributed by atoms with Crippen LogP contribution in [0, 0.1) is 0 Å². The molecule has 1 fully saturated rings. The van der Waals surface area contributed by atoms with Crippen LogP contribution in [0.5, 0.6) is 5.75 Å². The van der Waals surface area contributed by atoms with E-state index in [0.29, 0.717) is 35.2 Å². The van der Waals surface area contributed by atoms with Crippen LogP contribution in [0.1, 0.15) is 42.7 Å². The van der Waals surface area contributed by atoms with Crippen molar-refractivity contribution < 1.29 is 9.53 Å². The highest BCUT2D eigenvalue weighted by Crippen LogP contribution is 2.30. The molecule has 0 radical (unpaired) electrons. The molecule has 0 unspecified atom stereocenters. The summed E-state index contributed by atoms with van der Waals surface area (Å²) in [5.41, 5.74) is 8.52. The summed E-state index contributed by atoms with van der Waals surface area (Å²) in [5.74, 6) is 1.50. The van der Waals surface area contributed by atoms with E-state index in [-0.39, 0.29) is 5.78 Å². The Balaban J connectivity index is 1.41. The Bertz CT molecular complexity index is 787. The van der Waals surface area contributed by atoms with Gasteiger partial charge in [-0.15, -0.1) is 0 Å². The van der Waals surface area contributed by atoms with Crippen molar-refractivity contribution in [3.8, 4) is 5.75 Å². The molecule has 28 heavy (non-hydrogen) atoms. The number of rotatable bonds is 8. The summed E-state index contributed by atoms with van der Waals surface area (Å²) in [6.07, 6.45) is 4.18. The molecule has 0 spiro atoms. The third-order valence-corrected chi connectivity index (χ3v) is 5.90. The highest BCUT2D eigenvalue weighted by molar-refractivity contribution is 6.33. The third-order valence-electron chi connectivity index (χ3n) is 5.58. The van der Waals surface area contributed by atoms with Gasteiger partial charge in [-0.05, 0) is 56.4 Å². The predicted molar refractivity (Wildman–Crippen MR) is 115 cm³/mol. The molecule has 0 atom stereocenters. The van der Waals surface area contributed by atoms with E-state index in [1.54, 1.807) is 19.2 Å². The molecule has 0 saturated carbocycles. The molecule has 1 saturated heterocycles. The van der Waals surface area contributed by atoms with E-state index < -0.39 is 0 Å². The van der Waals surface area contributed by atoms with E-state index >= 15 is 0 Å². The zero-order valence-electron chi connectivity index (χ0n) is 16.5. The van der Waals surface area contributed by atoms with E-state index in [4.69, 9.17) is 22.1 Å². The fourth-order valence-electron chi connectivity index (χ4n) is 3.95. The van der Waals surface area contributed by atoms with Crippen molar-refractivity contribution in [1.82, 2.24) is 4.90 Å². The van der Waals surface area contributed by atoms with Crippen molar-refractivity contribution in [2.45, 2.75) is 38.0 Å². The first kappa shape index (κ1) is 20.7. The third kappa shape index (κ3) is 5.49. The molecule has 4 nitrogen and oxygen atoms in total. The number of benzene rings is 2. The average Bonchev–Trinajstić information content (AvgIpc) is 2.71. The summed E-state index contributed by atoms with van der Waals surface area (Å²) < 4.78 is 5.33. The zero-order chi connectivity index (χ0) is 19.9. The second-order valence-electron chi connectivity index (χ2n) is 7.53. The monoisotopic (exact) mass is 400 g/mol. The lowest BCUT2D eigenvalue weighted by atomic mass is 9.89. The summed E-state index contributed by atoms with van der Waals surface area (Å²) >= 11 is 6.09. The van der Waals surface area contributed by atoms with E-state index in [9.17, 15) is 4.79 Å². The first-order chi connectivity index (χ1) is 13.6. The minimum absolute atomic E-state index is 0.207. The van der Waals surface area contributed by atoms with Crippen molar-refractivity contribution in [2.24, 2.45) is 0 Å². The van der Waals surface area contributed by atoms with Gasteiger partial charge in [-0.3, -0.25) is 4.79 Å². The van der Waals surface area contributed by atoms with Gasteiger partial charge >= 0.3 is 0 Å². The average molecular weight is 401 g/mol. The number of piperidine rings is 1. The summed E-state index contributed by atoms with van der Waals surface area (Å²) in [5, 5.41) is 0.463. The molecule has 0 aliphatic carbocycles. The SMILES string of the molecule is COc1cc(N)c(Cl)cc1CC(=O)CCCN1CCC(c2ccccc2)CC1. The fraction of sp³-hybridized carbons (Fsp3) is 0.435. The number of nitrogen functional groups attached to an aromatic ring is 1. The lowest BCUT2D eigenvalue weighted by Gasteiger charge is -2.32. The number of hydrogen-bond acceptors (Lipinski definition) is 4. The van der Waals surface area contributed by atoms with E-state index in [1.165, 1.54) is 18.4 Å². The summed E-state index contributed by atoms with van der Waals surface area (Å²) in [7, 11) is 1.58. The van der Waals surface area contributed by atoms with Gasteiger partial charge in [-0.1, -0.05) is 41.9 Å².